The smallest absolute Gasteiger partial charge is 0.224 e. The summed E-state index contributed by atoms with van der Waals surface area (Å²) in [6.07, 6.45) is 3.81. The summed E-state index contributed by atoms with van der Waals surface area (Å²) in [5.41, 5.74) is 0.626. The molecule has 0 unspecified atom stereocenters. The van der Waals surface area contributed by atoms with E-state index in [9.17, 15) is 4.79 Å². The number of piperidine rings is 1. The van der Waals surface area contributed by atoms with Gasteiger partial charge in [-0.25, -0.2) is 0 Å². The summed E-state index contributed by atoms with van der Waals surface area (Å²) < 4.78 is 0. The Morgan fingerprint density at radius 2 is 2.05 bits per heavy atom. The molecule has 2 rings (SSSR count). The second kappa shape index (κ2) is 7.13. The fourth-order valence-corrected chi connectivity index (χ4v) is 2.76. The average Bonchev–Trinajstić information content (AvgIpc) is 2.41. The third-order valence-electron chi connectivity index (χ3n) is 3.44. The van der Waals surface area contributed by atoms with Gasteiger partial charge in [-0.1, -0.05) is 23.2 Å². The van der Waals surface area contributed by atoms with Gasteiger partial charge in [-0.3, -0.25) is 4.79 Å². The normalized spacial score (nSPS) is 16.3. The van der Waals surface area contributed by atoms with Gasteiger partial charge < -0.3 is 10.6 Å². The first-order valence-corrected chi connectivity index (χ1v) is 7.36. The molecule has 2 N–H and O–H groups in total. The molecule has 1 fully saturated rings. The second-order valence-electron chi connectivity index (χ2n) is 4.90. The lowest BCUT2D eigenvalue weighted by Crippen LogP contribution is -2.28. The van der Waals surface area contributed by atoms with Crippen LogP contribution < -0.4 is 10.6 Å². The molecule has 1 amide bonds. The largest absolute Gasteiger partial charge is 0.325 e. The molecule has 19 heavy (non-hydrogen) atoms. The highest BCUT2D eigenvalue weighted by Crippen LogP contribution is 2.26. The lowest BCUT2D eigenvalue weighted by Gasteiger charge is -2.22. The lowest BCUT2D eigenvalue weighted by molar-refractivity contribution is -0.116. The number of halogens is 2. The molecule has 5 heteroatoms. The second-order valence-corrected chi connectivity index (χ2v) is 5.75. The molecule has 1 aromatic rings. The van der Waals surface area contributed by atoms with Crippen molar-refractivity contribution in [2.75, 3.05) is 18.4 Å². The van der Waals surface area contributed by atoms with E-state index >= 15 is 0 Å². The van der Waals surface area contributed by atoms with E-state index in [2.05, 4.69) is 10.6 Å². The predicted octanol–water partition coefficient (Wildman–Crippen LogP) is 3.71. The van der Waals surface area contributed by atoms with Crippen molar-refractivity contribution in [2.24, 2.45) is 5.92 Å². The molecule has 1 aromatic carbocycles. The molecule has 0 atom stereocenters. The van der Waals surface area contributed by atoms with Gasteiger partial charge in [0.2, 0.25) is 5.91 Å². The van der Waals surface area contributed by atoms with E-state index in [-0.39, 0.29) is 5.91 Å². The standard InChI is InChI=1S/C14H18Cl2N2O/c15-11-2-3-13(12(16)9-11)18-14(19)4-1-10-5-7-17-8-6-10/h2-3,9-10,17H,1,4-8H2,(H,18,19). The Morgan fingerprint density at radius 1 is 1.32 bits per heavy atom. The highest BCUT2D eigenvalue weighted by atomic mass is 35.5. The van der Waals surface area contributed by atoms with Gasteiger partial charge in [-0.15, -0.1) is 0 Å². The van der Waals surface area contributed by atoms with Crippen LogP contribution in [0.3, 0.4) is 0 Å². The maximum atomic E-state index is 11.9. The quantitative estimate of drug-likeness (QED) is 0.890. The van der Waals surface area contributed by atoms with E-state index in [4.69, 9.17) is 23.2 Å². The lowest BCUT2D eigenvalue weighted by atomic mass is 9.93. The molecule has 0 bridgehead atoms. The van der Waals surface area contributed by atoms with Crippen LogP contribution in [0.15, 0.2) is 18.2 Å². The maximum Gasteiger partial charge on any atom is 0.224 e. The minimum absolute atomic E-state index is 0.0164. The van der Waals surface area contributed by atoms with Crippen molar-refractivity contribution in [1.82, 2.24) is 5.32 Å². The maximum absolute atomic E-state index is 11.9. The molecule has 0 aliphatic carbocycles. The number of carbonyl (C=O) groups excluding carboxylic acids is 1. The van der Waals surface area contributed by atoms with E-state index < -0.39 is 0 Å². The number of amides is 1. The van der Waals surface area contributed by atoms with Crippen molar-refractivity contribution >= 4 is 34.8 Å². The zero-order chi connectivity index (χ0) is 13.7. The molecular weight excluding hydrogens is 283 g/mol. The molecule has 1 aliphatic rings. The molecule has 3 nitrogen and oxygen atoms in total. The highest BCUT2D eigenvalue weighted by Gasteiger charge is 2.15. The molecule has 1 aliphatic heterocycles. The fraction of sp³-hybridized carbons (Fsp3) is 0.500. The zero-order valence-corrected chi connectivity index (χ0v) is 12.2. The van der Waals surface area contributed by atoms with Crippen molar-refractivity contribution in [2.45, 2.75) is 25.7 Å². The Hall–Kier alpha value is -0.770. The summed E-state index contributed by atoms with van der Waals surface area (Å²) in [5.74, 6) is 0.676. The van der Waals surface area contributed by atoms with Crippen LogP contribution >= 0.6 is 23.2 Å². The van der Waals surface area contributed by atoms with E-state index in [1.165, 1.54) is 0 Å². The van der Waals surface area contributed by atoms with E-state index in [1.807, 2.05) is 0 Å². The van der Waals surface area contributed by atoms with Crippen molar-refractivity contribution < 1.29 is 4.79 Å². The van der Waals surface area contributed by atoms with Gasteiger partial charge in [0, 0.05) is 11.4 Å². The van der Waals surface area contributed by atoms with Crippen LogP contribution in [0.1, 0.15) is 25.7 Å². The number of anilines is 1. The SMILES string of the molecule is O=C(CCC1CCNCC1)Nc1ccc(Cl)cc1Cl. The highest BCUT2D eigenvalue weighted by molar-refractivity contribution is 6.36. The molecule has 0 spiro atoms. The van der Waals surface area contributed by atoms with Gasteiger partial charge in [-0.05, 0) is 56.5 Å². The van der Waals surface area contributed by atoms with Crippen LogP contribution in [-0.4, -0.2) is 19.0 Å². The van der Waals surface area contributed by atoms with E-state index in [0.717, 1.165) is 32.4 Å². The van der Waals surface area contributed by atoms with Gasteiger partial charge in [0.1, 0.15) is 0 Å². The summed E-state index contributed by atoms with van der Waals surface area (Å²) in [6, 6.07) is 5.08. The van der Waals surface area contributed by atoms with Gasteiger partial charge in [0.05, 0.1) is 10.7 Å². The van der Waals surface area contributed by atoms with Gasteiger partial charge >= 0.3 is 0 Å². The first-order chi connectivity index (χ1) is 9.15. The minimum Gasteiger partial charge on any atom is -0.325 e. The van der Waals surface area contributed by atoms with Gasteiger partial charge in [-0.2, -0.15) is 0 Å². The summed E-state index contributed by atoms with van der Waals surface area (Å²) in [7, 11) is 0. The van der Waals surface area contributed by atoms with Crippen LogP contribution in [0, 0.1) is 5.92 Å². The van der Waals surface area contributed by atoms with Crippen LogP contribution in [0.4, 0.5) is 5.69 Å². The molecule has 0 saturated carbocycles. The fourth-order valence-electron chi connectivity index (χ4n) is 2.31. The summed E-state index contributed by atoms with van der Waals surface area (Å²) in [4.78, 5) is 11.9. The molecule has 104 valence electrons. The number of hydrogen-bond donors (Lipinski definition) is 2. The monoisotopic (exact) mass is 300 g/mol. The van der Waals surface area contributed by atoms with E-state index in [0.29, 0.717) is 28.1 Å². The van der Waals surface area contributed by atoms with Crippen LogP contribution in [0.25, 0.3) is 0 Å². The van der Waals surface area contributed by atoms with Crippen LogP contribution in [0.2, 0.25) is 10.0 Å². The molecule has 0 aromatic heterocycles. The molecule has 0 radical (unpaired) electrons. The van der Waals surface area contributed by atoms with Crippen molar-refractivity contribution in [3.05, 3.63) is 28.2 Å². The summed E-state index contributed by atoms with van der Waals surface area (Å²) in [6.45, 7) is 2.13. The Morgan fingerprint density at radius 3 is 2.74 bits per heavy atom. The predicted molar refractivity (Wildman–Crippen MR) is 79.9 cm³/mol. The van der Waals surface area contributed by atoms with Crippen molar-refractivity contribution in [1.29, 1.82) is 0 Å². The number of carbonyl (C=O) groups is 1. The number of rotatable bonds is 4. The number of benzene rings is 1. The Kier molecular flexibility index (Phi) is 5.49. The molecular formula is C14H18Cl2N2O. The number of hydrogen-bond acceptors (Lipinski definition) is 2. The Labute approximate surface area is 123 Å². The van der Waals surface area contributed by atoms with Crippen molar-refractivity contribution in [3.63, 3.8) is 0 Å². The molecule has 1 heterocycles. The van der Waals surface area contributed by atoms with Crippen LogP contribution in [-0.2, 0) is 4.79 Å². The summed E-state index contributed by atoms with van der Waals surface area (Å²) >= 11 is 11.8. The average molecular weight is 301 g/mol. The minimum atomic E-state index is 0.0164. The Bertz CT molecular complexity index is 445. The molecule has 1 saturated heterocycles. The van der Waals surface area contributed by atoms with Crippen LogP contribution in [0.5, 0.6) is 0 Å². The first kappa shape index (κ1) is 14.6. The van der Waals surface area contributed by atoms with Gasteiger partial charge in [0.25, 0.3) is 0 Å². The Balaban J connectivity index is 1.80. The summed E-state index contributed by atoms with van der Waals surface area (Å²) in [5, 5.41) is 7.20. The van der Waals surface area contributed by atoms with Gasteiger partial charge in [0.15, 0.2) is 0 Å². The first-order valence-electron chi connectivity index (χ1n) is 6.61. The topological polar surface area (TPSA) is 41.1 Å². The number of nitrogens with one attached hydrogen (secondary N) is 2. The van der Waals surface area contributed by atoms with E-state index in [1.54, 1.807) is 18.2 Å². The third-order valence-corrected chi connectivity index (χ3v) is 3.99. The van der Waals surface area contributed by atoms with Crippen molar-refractivity contribution in [3.8, 4) is 0 Å². The zero-order valence-electron chi connectivity index (χ0n) is 10.7. The third kappa shape index (κ3) is 4.68.